The molecule has 0 radical (unpaired) electrons. The monoisotopic (exact) mass is 634 g/mol. The van der Waals surface area contributed by atoms with E-state index in [0.717, 1.165) is 6.42 Å². The summed E-state index contributed by atoms with van der Waals surface area (Å²) in [6.45, 7) is 6.65. The zero-order chi connectivity index (χ0) is 33.2. The second-order valence-electron chi connectivity index (χ2n) is 12.3. The van der Waals surface area contributed by atoms with Gasteiger partial charge in [-0.2, -0.15) is 0 Å². The lowest BCUT2D eigenvalue weighted by Gasteiger charge is -2.37. The van der Waals surface area contributed by atoms with E-state index in [1.54, 1.807) is 63.2 Å². The minimum Gasteiger partial charge on any atom is -0.497 e. The molecule has 2 N–H and O–H groups in total. The molecule has 11 nitrogen and oxygen atoms in total. The van der Waals surface area contributed by atoms with Gasteiger partial charge in [0.25, 0.3) is 0 Å². The maximum atomic E-state index is 13.7. The highest BCUT2D eigenvalue weighted by molar-refractivity contribution is 5.82. The normalized spacial score (nSPS) is 19.7. The zero-order valence-corrected chi connectivity index (χ0v) is 26.5. The third kappa shape index (κ3) is 6.01. The number of carbonyl (C=O) groups is 3. The molecule has 0 amide bonds. The van der Waals surface area contributed by atoms with Crippen molar-refractivity contribution in [3.05, 3.63) is 76.9 Å². The molecule has 3 aromatic carbocycles. The lowest BCUT2D eigenvalue weighted by Crippen LogP contribution is -2.44. The average Bonchev–Trinajstić information content (AvgIpc) is 3.61. The van der Waals surface area contributed by atoms with Crippen molar-refractivity contribution >= 4 is 17.9 Å². The Kier molecular flexibility index (Phi) is 9.05. The van der Waals surface area contributed by atoms with Gasteiger partial charge in [-0.15, -0.1) is 0 Å². The quantitative estimate of drug-likeness (QED) is 0.247. The Morgan fingerprint density at radius 1 is 0.913 bits per heavy atom. The van der Waals surface area contributed by atoms with Crippen LogP contribution in [0, 0.1) is 11.3 Å². The Morgan fingerprint density at radius 2 is 1.65 bits per heavy atom. The van der Waals surface area contributed by atoms with Gasteiger partial charge in [-0.3, -0.25) is 9.59 Å². The summed E-state index contributed by atoms with van der Waals surface area (Å²) in [5, 5.41) is 20.6. The molecule has 5 rings (SSSR count). The predicted octanol–water partition coefficient (Wildman–Crippen LogP) is 5.40. The Balaban J connectivity index is 1.80. The number of ether oxygens (including phenoxy) is 6. The smallest absolute Gasteiger partial charge is 0.341 e. The number of hydrogen-bond acceptors (Lipinski definition) is 9. The molecule has 0 bridgehead atoms. The van der Waals surface area contributed by atoms with Crippen molar-refractivity contribution in [3.63, 3.8) is 0 Å². The summed E-state index contributed by atoms with van der Waals surface area (Å²) >= 11 is 0. The van der Waals surface area contributed by atoms with E-state index in [0.29, 0.717) is 51.9 Å². The van der Waals surface area contributed by atoms with E-state index in [-0.39, 0.29) is 19.1 Å². The van der Waals surface area contributed by atoms with Crippen molar-refractivity contribution in [2.24, 2.45) is 11.3 Å². The number of aliphatic carboxylic acids is 2. The number of methoxy groups -OCH3 is 1. The van der Waals surface area contributed by atoms with Crippen LogP contribution in [0.5, 0.6) is 28.7 Å². The van der Waals surface area contributed by atoms with Crippen LogP contribution in [0.3, 0.4) is 0 Å². The van der Waals surface area contributed by atoms with Crippen LogP contribution in [0.4, 0.5) is 0 Å². The number of hydrogen-bond donors (Lipinski definition) is 2. The van der Waals surface area contributed by atoms with E-state index < -0.39 is 47.2 Å². The third-order valence-electron chi connectivity index (χ3n) is 8.28. The van der Waals surface area contributed by atoms with Gasteiger partial charge in [-0.05, 0) is 74.2 Å². The lowest BCUT2D eigenvalue weighted by atomic mass is 9.67. The standard InChI is InChI=1S/C35H38O11/c1-6-13-42-22-9-11-25-24(15-22)30(23-10-8-21(41-5)16-27(23)43-17-29(36)37)31(32(38)39)35(25,18-44-33(40)34(2,3)4)20-7-12-26-28(14-20)46-19-45-26/h7-12,14-16,30-31H,6,13,17-19H2,1-5H3,(H,36,37)(H,38,39). The minimum absolute atomic E-state index is 0.0145. The van der Waals surface area contributed by atoms with Crippen LogP contribution in [0.25, 0.3) is 0 Å². The first-order valence-electron chi connectivity index (χ1n) is 15.0. The van der Waals surface area contributed by atoms with Gasteiger partial charge >= 0.3 is 17.9 Å². The molecule has 3 aromatic rings. The molecule has 0 spiro atoms. The first-order chi connectivity index (χ1) is 21.9. The van der Waals surface area contributed by atoms with Gasteiger partial charge in [0.2, 0.25) is 6.79 Å². The largest absolute Gasteiger partial charge is 0.497 e. The van der Waals surface area contributed by atoms with E-state index in [1.165, 1.54) is 13.2 Å². The summed E-state index contributed by atoms with van der Waals surface area (Å²) in [5.74, 6) is -3.00. The molecule has 1 aliphatic heterocycles. The van der Waals surface area contributed by atoms with Crippen LogP contribution in [0.1, 0.15) is 62.3 Å². The predicted molar refractivity (Wildman–Crippen MR) is 165 cm³/mol. The molecular formula is C35H38O11. The average molecular weight is 635 g/mol. The van der Waals surface area contributed by atoms with Crippen molar-refractivity contribution in [2.45, 2.75) is 45.4 Å². The highest BCUT2D eigenvalue weighted by Gasteiger charge is 2.59. The number of esters is 1. The molecule has 244 valence electrons. The summed E-state index contributed by atoms with van der Waals surface area (Å²) in [7, 11) is 1.46. The van der Waals surface area contributed by atoms with Gasteiger partial charge in [0.05, 0.1) is 30.5 Å². The van der Waals surface area contributed by atoms with E-state index >= 15 is 0 Å². The SMILES string of the molecule is CCCOc1ccc2c(c1)C(c1ccc(OC)cc1OCC(=O)O)C(C(=O)O)C2(COC(=O)C(C)(C)C)c1ccc2c(c1)OCO2. The maximum Gasteiger partial charge on any atom is 0.341 e. The van der Waals surface area contributed by atoms with Crippen LogP contribution < -0.4 is 23.7 Å². The van der Waals surface area contributed by atoms with E-state index in [2.05, 4.69) is 0 Å². The summed E-state index contributed by atoms with van der Waals surface area (Å²) in [5.41, 5.74) is -0.112. The van der Waals surface area contributed by atoms with E-state index in [1.807, 2.05) is 13.0 Å². The first-order valence-corrected chi connectivity index (χ1v) is 15.0. The van der Waals surface area contributed by atoms with Crippen LogP contribution in [0.15, 0.2) is 54.6 Å². The summed E-state index contributed by atoms with van der Waals surface area (Å²) in [6.07, 6.45) is 0.758. The number of carboxylic acid groups (broad SMARTS) is 2. The molecule has 46 heavy (non-hydrogen) atoms. The van der Waals surface area contributed by atoms with Gasteiger partial charge in [0, 0.05) is 17.5 Å². The summed E-state index contributed by atoms with van der Waals surface area (Å²) in [4.78, 5) is 38.5. The molecule has 1 aliphatic carbocycles. The fourth-order valence-electron chi connectivity index (χ4n) is 6.17. The Bertz CT molecular complexity index is 1640. The summed E-state index contributed by atoms with van der Waals surface area (Å²) < 4.78 is 34.4. The van der Waals surface area contributed by atoms with E-state index in [4.69, 9.17) is 28.4 Å². The van der Waals surface area contributed by atoms with Crippen LogP contribution in [-0.2, 0) is 24.5 Å². The van der Waals surface area contributed by atoms with E-state index in [9.17, 15) is 24.6 Å². The second kappa shape index (κ2) is 12.8. The van der Waals surface area contributed by atoms with Crippen molar-refractivity contribution in [2.75, 3.05) is 33.7 Å². The van der Waals surface area contributed by atoms with Gasteiger partial charge in [0.1, 0.15) is 23.9 Å². The topological polar surface area (TPSA) is 147 Å². The molecule has 11 heteroatoms. The van der Waals surface area contributed by atoms with Crippen molar-refractivity contribution in [1.82, 2.24) is 0 Å². The van der Waals surface area contributed by atoms with Gasteiger partial charge < -0.3 is 38.6 Å². The summed E-state index contributed by atoms with van der Waals surface area (Å²) in [6, 6.07) is 15.5. The molecule has 0 saturated heterocycles. The number of fused-ring (bicyclic) bond motifs is 2. The molecule has 1 heterocycles. The molecule has 0 saturated carbocycles. The van der Waals surface area contributed by atoms with Crippen molar-refractivity contribution in [3.8, 4) is 28.7 Å². The maximum absolute atomic E-state index is 13.7. The third-order valence-corrected chi connectivity index (χ3v) is 8.28. The molecule has 2 aliphatic rings. The number of carboxylic acids is 2. The van der Waals surface area contributed by atoms with Crippen LogP contribution in [-0.4, -0.2) is 61.8 Å². The first kappa shape index (κ1) is 32.5. The lowest BCUT2D eigenvalue weighted by molar-refractivity contribution is -0.157. The second-order valence-corrected chi connectivity index (χ2v) is 12.3. The molecule has 3 atom stereocenters. The number of benzene rings is 3. The highest BCUT2D eigenvalue weighted by atomic mass is 16.7. The molecule has 0 aromatic heterocycles. The van der Waals surface area contributed by atoms with Gasteiger partial charge in [0.15, 0.2) is 18.1 Å². The Labute approximate surface area is 266 Å². The van der Waals surface area contributed by atoms with Gasteiger partial charge in [-0.1, -0.05) is 25.1 Å². The Morgan fingerprint density at radius 3 is 2.33 bits per heavy atom. The fraction of sp³-hybridized carbons (Fsp3) is 0.400. The van der Waals surface area contributed by atoms with Crippen LogP contribution >= 0.6 is 0 Å². The minimum atomic E-state index is -1.43. The fourth-order valence-corrected chi connectivity index (χ4v) is 6.17. The molecule has 3 unspecified atom stereocenters. The van der Waals surface area contributed by atoms with Crippen molar-refractivity contribution in [1.29, 1.82) is 0 Å². The van der Waals surface area contributed by atoms with Crippen molar-refractivity contribution < 1.29 is 53.0 Å². The zero-order valence-electron chi connectivity index (χ0n) is 26.5. The number of carbonyl (C=O) groups excluding carboxylic acids is 1. The van der Waals surface area contributed by atoms with Gasteiger partial charge in [-0.25, -0.2) is 4.79 Å². The molecule has 0 fully saturated rings. The number of rotatable bonds is 12. The van der Waals surface area contributed by atoms with Crippen LogP contribution in [0.2, 0.25) is 0 Å². The highest BCUT2D eigenvalue weighted by Crippen LogP contribution is 2.59. The Hall–Kier alpha value is -4.93. The molecular weight excluding hydrogens is 596 g/mol.